The molecule has 0 heterocycles. The lowest BCUT2D eigenvalue weighted by molar-refractivity contribution is 0.149. The highest BCUT2D eigenvalue weighted by molar-refractivity contribution is 4.80. The van der Waals surface area contributed by atoms with Crippen molar-refractivity contribution in [3.8, 4) is 0 Å². The molecular weight excluding hydrogens is 192 g/mol. The third-order valence-corrected chi connectivity index (χ3v) is 4.35. The smallest absolute Gasteiger partial charge is 0.0323 e. The predicted octanol–water partition coefficient (Wildman–Crippen LogP) is 6.20. The molecule has 0 saturated heterocycles. The lowest BCUT2D eigenvalue weighted by Crippen LogP contribution is -2.24. The topological polar surface area (TPSA) is 0 Å². The van der Waals surface area contributed by atoms with Crippen molar-refractivity contribution in [1.82, 2.24) is 0 Å². The Morgan fingerprint density at radius 2 is 1.38 bits per heavy atom. The van der Waals surface area contributed by atoms with E-state index in [1.807, 2.05) is 0 Å². The number of unbranched alkanes of at least 4 members (excludes halogenated alkanes) is 3. The molecule has 0 bridgehead atoms. The first-order chi connectivity index (χ1) is 7.39. The lowest BCUT2D eigenvalue weighted by atomic mass is 9.69. The standard InChI is InChI=1S/C16H34/c1-7-10-11-12-13-16(6,9-3)14-15(4,5)8-2/h7-14H2,1-6H3. The van der Waals surface area contributed by atoms with Crippen molar-refractivity contribution in [3.63, 3.8) is 0 Å². The van der Waals surface area contributed by atoms with E-state index in [4.69, 9.17) is 0 Å². The SMILES string of the molecule is CCCCCCC(C)(CC)CC(C)(C)CC. The molecule has 98 valence electrons. The molecule has 1 unspecified atom stereocenters. The zero-order valence-electron chi connectivity index (χ0n) is 12.7. The number of rotatable bonds is 9. The highest BCUT2D eigenvalue weighted by Crippen LogP contribution is 2.41. The van der Waals surface area contributed by atoms with Crippen molar-refractivity contribution in [1.29, 1.82) is 0 Å². The summed E-state index contributed by atoms with van der Waals surface area (Å²) >= 11 is 0. The van der Waals surface area contributed by atoms with E-state index < -0.39 is 0 Å². The van der Waals surface area contributed by atoms with Gasteiger partial charge in [0.1, 0.15) is 0 Å². The first-order valence-electron chi connectivity index (χ1n) is 7.39. The van der Waals surface area contributed by atoms with Gasteiger partial charge in [-0.05, 0) is 23.7 Å². The first-order valence-corrected chi connectivity index (χ1v) is 7.39. The molecule has 0 fully saturated rings. The van der Waals surface area contributed by atoms with Gasteiger partial charge in [0, 0.05) is 0 Å². The first kappa shape index (κ1) is 16.0. The van der Waals surface area contributed by atoms with Crippen LogP contribution in [0.25, 0.3) is 0 Å². The average Bonchev–Trinajstić information content (AvgIpc) is 2.24. The summed E-state index contributed by atoms with van der Waals surface area (Å²) in [4.78, 5) is 0. The second-order valence-electron chi connectivity index (χ2n) is 6.67. The average molecular weight is 226 g/mol. The molecule has 16 heavy (non-hydrogen) atoms. The molecule has 1 atom stereocenters. The van der Waals surface area contributed by atoms with Gasteiger partial charge in [-0.2, -0.15) is 0 Å². The predicted molar refractivity (Wildman–Crippen MR) is 75.8 cm³/mol. The molecule has 0 nitrogen and oxygen atoms in total. The van der Waals surface area contributed by atoms with E-state index in [0.717, 1.165) is 0 Å². The Hall–Kier alpha value is 0. The molecule has 0 aromatic carbocycles. The van der Waals surface area contributed by atoms with Crippen LogP contribution in [0.2, 0.25) is 0 Å². The molecule has 0 saturated carbocycles. The van der Waals surface area contributed by atoms with Crippen LogP contribution in [0.4, 0.5) is 0 Å². The summed E-state index contributed by atoms with van der Waals surface area (Å²) in [7, 11) is 0. The summed E-state index contributed by atoms with van der Waals surface area (Å²) in [5.41, 5.74) is 1.10. The molecule has 0 aromatic rings. The maximum atomic E-state index is 2.50. The molecule has 0 rings (SSSR count). The molecule has 0 aliphatic rings. The fourth-order valence-electron chi connectivity index (χ4n) is 2.65. The van der Waals surface area contributed by atoms with Crippen molar-refractivity contribution in [2.24, 2.45) is 10.8 Å². The van der Waals surface area contributed by atoms with Crippen LogP contribution >= 0.6 is 0 Å². The van der Waals surface area contributed by atoms with Crippen molar-refractivity contribution >= 4 is 0 Å². The number of hydrogen-bond donors (Lipinski definition) is 0. The van der Waals surface area contributed by atoms with Crippen LogP contribution in [0.1, 0.15) is 92.9 Å². The van der Waals surface area contributed by atoms with E-state index in [9.17, 15) is 0 Å². The fourth-order valence-corrected chi connectivity index (χ4v) is 2.65. The molecule has 0 aromatic heterocycles. The van der Waals surface area contributed by atoms with Crippen LogP contribution < -0.4 is 0 Å². The molecule has 0 N–H and O–H groups in total. The van der Waals surface area contributed by atoms with Gasteiger partial charge >= 0.3 is 0 Å². The highest BCUT2D eigenvalue weighted by atomic mass is 14.3. The summed E-state index contributed by atoms with van der Waals surface area (Å²) < 4.78 is 0. The van der Waals surface area contributed by atoms with Gasteiger partial charge in [-0.1, -0.05) is 80.1 Å². The quantitative estimate of drug-likeness (QED) is 0.411. The second kappa shape index (κ2) is 7.35. The van der Waals surface area contributed by atoms with Crippen LogP contribution in [-0.2, 0) is 0 Å². The zero-order chi connectivity index (χ0) is 12.7. The van der Waals surface area contributed by atoms with E-state index in [1.165, 1.54) is 51.4 Å². The van der Waals surface area contributed by atoms with Crippen molar-refractivity contribution in [2.75, 3.05) is 0 Å². The Balaban J connectivity index is 4.10. The van der Waals surface area contributed by atoms with Gasteiger partial charge in [0.2, 0.25) is 0 Å². The van der Waals surface area contributed by atoms with Crippen molar-refractivity contribution < 1.29 is 0 Å². The molecule has 0 heteroatoms. The van der Waals surface area contributed by atoms with E-state index in [-0.39, 0.29) is 0 Å². The summed E-state index contributed by atoms with van der Waals surface area (Å²) in [5, 5.41) is 0. The van der Waals surface area contributed by atoms with Crippen LogP contribution in [0.3, 0.4) is 0 Å². The second-order valence-corrected chi connectivity index (χ2v) is 6.67. The Kier molecular flexibility index (Phi) is 7.35. The highest BCUT2D eigenvalue weighted by Gasteiger charge is 2.29. The van der Waals surface area contributed by atoms with E-state index in [0.29, 0.717) is 10.8 Å². The third kappa shape index (κ3) is 6.55. The maximum Gasteiger partial charge on any atom is -0.0323 e. The Labute approximate surface area is 104 Å². The Morgan fingerprint density at radius 1 is 0.750 bits per heavy atom. The van der Waals surface area contributed by atoms with Crippen molar-refractivity contribution in [2.45, 2.75) is 92.9 Å². The molecule has 0 radical (unpaired) electrons. The largest absolute Gasteiger partial charge is 0.0654 e. The molecule has 0 amide bonds. The van der Waals surface area contributed by atoms with Gasteiger partial charge in [-0.25, -0.2) is 0 Å². The van der Waals surface area contributed by atoms with Crippen molar-refractivity contribution in [3.05, 3.63) is 0 Å². The lowest BCUT2D eigenvalue weighted by Gasteiger charge is -2.37. The monoisotopic (exact) mass is 226 g/mol. The summed E-state index contributed by atoms with van der Waals surface area (Å²) in [6.45, 7) is 14.3. The zero-order valence-corrected chi connectivity index (χ0v) is 12.7. The maximum absolute atomic E-state index is 2.50. The van der Waals surface area contributed by atoms with E-state index >= 15 is 0 Å². The van der Waals surface area contributed by atoms with E-state index in [2.05, 4.69) is 41.5 Å². The molecular formula is C16H34. The van der Waals surface area contributed by atoms with Gasteiger partial charge in [0.15, 0.2) is 0 Å². The summed E-state index contributed by atoms with van der Waals surface area (Å²) in [6.07, 6.45) is 11.1. The van der Waals surface area contributed by atoms with Gasteiger partial charge < -0.3 is 0 Å². The van der Waals surface area contributed by atoms with Gasteiger partial charge in [-0.3, -0.25) is 0 Å². The molecule has 0 aliphatic heterocycles. The fraction of sp³-hybridized carbons (Fsp3) is 1.00. The van der Waals surface area contributed by atoms with Crippen LogP contribution in [-0.4, -0.2) is 0 Å². The van der Waals surface area contributed by atoms with Crippen LogP contribution in [0, 0.1) is 10.8 Å². The Bertz CT molecular complexity index is 169. The van der Waals surface area contributed by atoms with Crippen LogP contribution in [0.5, 0.6) is 0 Å². The normalized spacial score (nSPS) is 16.1. The Morgan fingerprint density at radius 3 is 1.81 bits per heavy atom. The third-order valence-electron chi connectivity index (χ3n) is 4.35. The summed E-state index contributed by atoms with van der Waals surface area (Å²) in [6, 6.07) is 0. The summed E-state index contributed by atoms with van der Waals surface area (Å²) in [5.74, 6) is 0. The van der Waals surface area contributed by atoms with Gasteiger partial charge in [0.25, 0.3) is 0 Å². The minimum atomic E-state index is 0.523. The minimum Gasteiger partial charge on any atom is -0.0654 e. The van der Waals surface area contributed by atoms with Gasteiger partial charge in [0.05, 0.1) is 0 Å². The van der Waals surface area contributed by atoms with Crippen LogP contribution in [0.15, 0.2) is 0 Å². The number of hydrogen-bond acceptors (Lipinski definition) is 0. The molecule has 0 aliphatic carbocycles. The van der Waals surface area contributed by atoms with E-state index in [1.54, 1.807) is 0 Å². The van der Waals surface area contributed by atoms with Gasteiger partial charge in [-0.15, -0.1) is 0 Å². The minimum absolute atomic E-state index is 0.523. The molecule has 0 spiro atoms.